The van der Waals surface area contributed by atoms with Gasteiger partial charge in [0.15, 0.2) is 0 Å². The molecule has 0 unspecified atom stereocenters. The SMILES string of the molecule is c1ccc(-c2cccc(N(c3ccc(-n4c5ccccc5c5ccccc54)cc3)c3cccc4ccc5c6ccccc6oc5c34)c2)cc1. The zero-order valence-electron chi connectivity index (χ0n) is 26.6. The molecule has 8 aromatic carbocycles. The molecule has 230 valence electrons. The number of anilines is 3. The Morgan fingerprint density at radius 3 is 1.86 bits per heavy atom. The van der Waals surface area contributed by atoms with Gasteiger partial charge in [-0.05, 0) is 83.2 Å². The number of nitrogens with zero attached hydrogens (tertiary/aromatic N) is 2. The molecule has 0 N–H and O–H groups in total. The Balaban J connectivity index is 1.21. The van der Waals surface area contributed by atoms with Crippen molar-refractivity contribution in [2.24, 2.45) is 0 Å². The van der Waals surface area contributed by atoms with Crippen LogP contribution in [0, 0.1) is 0 Å². The summed E-state index contributed by atoms with van der Waals surface area (Å²) in [6.45, 7) is 0. The van der Waals surface area contributed by atoms with E-state index in [1.54, 1.807) is 0 Å². The van der Waals surface area contributed by atoms with Crippen LogP contribution in [-0.2, 0) is 0 Å². The van der Waals surface area contributed by atoms with Gasteiger partial charge < -0.3 is 13.9 Å². The number of fused-ring (bicyclic) bond motifs is 8. The van der Waals surface area contributed by atoms with E-state index in [-0.39, 0.29) is 0 Å². The molecule has 0 amide bonds. The van der Waals surface area contributed by atoms with Crippen molar-refractivity contribution in [3.63, 3.8) is 0 Å². The van der Waals surface area contributed by atoms with E-state index in [4.69, 9.17) is 4.42 Å². The fraction of sp³-hybridized carbons (Fsp3) is 0. The average molecular weight is 627 g/mol. The maximum absolute atomic E-state index is 6.64. The summed E-state index contributed by atoms with van der Waals surface area (Å²) < 4.78 is 9.01. The van der Waals surface area contributed by atoms with Crippen molar-refractivity contribution in [3.8, 4) is 16.8 Å². The number of hydrogen-bond acceptors (Lipinski definition) is 2. The zero-order valence-corrected chi connectivity index (χ0v) is 26.6. The van der Waals surface area contributed by atoms with Crippen LogP contribution >= 0.6 is 0 Å². The maximum Gasteiger partial charge on any atom is 0.145 e. The molecule has 2 aromatic heterocycles. The van der Waals surface area contributed by atoms with Gasteiger partial charge in [-0.1, -0.05) is 115 Å². The van der Waals surface area contributed by atoms with E-state index in [2.05, 4.69) is 185 Å². The van der Waals surface area contributed by atoms with Crippen molar-refractivity contribution in [1.29, 1.82) is 0 Å². The average Bonchev–Trinajstić information content (AvgIpc) is 3.72. The van der Waals surface area contributed by atoms with Gasteiger partial charge in [-0.3, -0.25) is 0 Å². The lowest BCUT2D eigenvalue weighted by atomic mass is 10.0. The minimum Gasteiger partial charge on any atom is -0.455 e. The van der Waals surface area contributed by atoms with Gasteiger partial charge in [0.2, 0.25) is 0 Å². The molecule has 0 spiro atoms. The van der Waals surface area contributed by atoms with E-state index < -0.39 is 0 Å². The smallest absolute Gasteiger partial charge is 0.145 e. The third kappa shape index (κ3) is 4.37. The second kappa shape index (κ2) is 11.0. The molecule has 3 heteroatoms. The summed E-state index contributed by atoms with van der Waals surface area (Å²) in [5.74, 6) is 0. The summed E-state index contributed by atoms with van der Waals surface area (Å²) >= 11 is 0. The van der Waals surface area contributed by atoms with Gasteiger partial charge in [-0.2, -0.15) is 0 Å². The van der Waals surface area contributed by atoms with Crippen LogP contribution < -0.4 is 4.90 Å². The Hall–Kier alpha value is -6.58. The molecule has 3 nitrogen and oxygen atoms in total. The highest BCUT2D eigenvalue weighted by atomic mass is 16.3. The van der Waals surface area contributed by atoms with Gasteiger partial charge in [0.1, 0.15) is 11.2 Å². The van der Waals surface area contributed by atoms with E-state index in [0.29, 0.717) is 0 Å². The van der Waals surface area contributed by atoms with Crippen LogP contribution in [-0.4, -0.2) is 4.57 Å². The molecule has 0 aliphatic carbocycles. The topological polar surface area (TPSA) is 21.3 Å². The minimum atomic E-state index is 0.896. The van der Waals surface area contributed by atoms with Crippen LogP contribution in [0.1, 0.15) is 0 Å². The van der Waals surface area contributed by atoms with E-state index in [9.17, 15) is 0 Å². The second-order valence-electron chi connectivity index (χ2n) is 12.6. The molecule has 10 aromatic rings. The summed E-state index contributed by atoms with van der Waals surface area (Å²) in [6, 6.07) is 64.9. The van der Waals surface area contributed by atoms with E-state index in [1.165, 1.54) is 32.9 Å². The molecule has 0 bridgehead atoms. The summed E-state index contributed by atoms with van der Waals surface area (Å²) in [5.41, 5.74) is 10.9. The Kier molecular flexibility index (Phi) is 6.18. The number of benzene rings is 8. The van der Waals surface area contributed by atoms with E-state index >= 15 is 0 Å². The lowest BCUT2D eigenvalue weighted by Gasteiger charge is -2.27. The van der Waals surface area contributed by atoms with Crippen LogP contribution in [0.3, 0.4) is 0 Å². The maximum atomic E-state index is 6.64. The normalized spacial score (nSPS) is 11.7. The fourth-order valence-electron chi connectivity index (χ4n) is 7.55. The van der Waals surface area contributed by atoms with Gasteiger partial charge in [-0.15, -0.1) is 0 Å². The highest BCUT2D eigenvalue weighted by Gasteiger charge is 2.21. The highest BCUT2D eigenvalue weighted by molar-refractivity contribution is 6.19. The van der Waals surface area contributed by atoms with Gasteiger partial charge >= 0.3 is 0 Å². The fourth-order valence-corrected chi connectivity index (χ4v) is 7.55. The first-order chi connectivity index (χ1) is 24.3. The number of rotatable bonds is 5. The van der Waals surface area contributed by atoms with Crippen LogP contribution in [0.15, 0.2) is 186 Å². The lowest BCUT2D eigenvalue weighted by molar-refractivity contribution is 0.672. The number of aromatic nitrogens is 1. The predicted octanol–water partition coefficient (Wildman–Crippen LogP) is 13.0. The van der Waals surface area contributed by atoms with Crippen molar-refractivity contribution in [2.45, 2.75) is 0 Å². The molecule has 0 saturated heterocycles. The lowest BCUT2D eigenvalue weighted by Crippen LogP contribution is -2.11. The summed E-state index contributed by atoms with van der Waals surface area (Å²) in [4.78, 5) is 2.37. The van der Waals surface area contributed by atoms with Crippen LogP contribution in [0.2, 0.25) is 0 Å². The molecule has 0 aliphatic rings. The second-order valence-corrected chi connectivity index (χ2v) is 12.6. The third-order valence-corrected chi connectivity index (χ3v) is 9.76. The van der Waals surface area contributed by atoms with E-state index in [1.807, 2.05) is 6.07 Å². The quantitative estimate of drug-likeness (QED) is 0.190. The molecular formula is C46H30N2O. The van der Waals surface area contributed by atoms with Crippen molar-refractivity contribution in [2.75, 3.05) is 4.90 Å². The molecule has 0 atom stereocenters. The molecule has 0 fully saturated rings. The number of furan rings is 1. The van der Waals surface area contributed by atoms with Crippen molar-refractivity contribution in [1.82, 2.24) is 4.57 Å². The summed E-state index contributed by atoms with van der Waals surface area (Å²) in [5, 5.41) is 6.99. The van der Waals surface area contributed by atoms with Crippen LogP contribution in [0.25, 0.3) is 71.3 Å². The molecular weight excluding hydrogens is 597 g/mol. The first kappa shape index (κ1) is 27.5. The Morgan fingerprint density at radius 2 is 1.08 bits per heavy atom. The minimum absolute atomic E-state index is 0.896. The van der Waals surface area contributed by atoms with Crippen molar-refractivity contribution in [3.05, 3.63) is 182 Å². The summed E-state index contributed by atoms with van der Waals surface area (Å²) in [7, 11) is 0. The van der Waals surface area contributed by atoms with Crippen LogP contribution in [0.4, 0.5) is 17.1 Å². The van der Waals surface area contributed by atoms with Gasteiger partial charge in [0, 0.05) is 44.0 Å². The molecule has 0 aliphatic heterocycles. The Morgan fingerprint density at radius 1 is 0.429 bits per heavy atom. The molecule has 0 saturated carbocycles. The zero-order chi connectivity index (χ0) is 32.3. The van der Waals surface area contributed by atoms with Gasteiger partial charge in [0.25, 0.3) is 0 Å². The first-order valence-corrected chi connectivity index (χ1v) is 16.7. The van der Waals surface area contributed by atoms with Crippen molar-refractivity contribution >= 4 is 71.6 Å². The number of para-hydroxylation sites is 3. The molecule has 10 rings (SSSR count). The standard InChI is InChI=1S/C46H30N2O/c1-2-12-31(13-3-1)33-15-10-16-36(30-33)47(43-22-11-14-32-24-29-40-39-19-6-9-23-44(39)49-46(40)45(32)43)34-25-27-35(28-26-34)48-41-20-7-4-17-37(41)38-18-5-8-21-42(38)48/h1-30H. The largest absolute Gasteiger partial charge is 0.455 e. The van der Waals surface area contributed by atoms with Crippen LogP contribution in [0.5, 0.6) is 0 Å². The van der Waals surface area contributed by atoms with Crippen molar-refractivity contribution < 1.29 is 4.42 Å². The molecule has 2 heterocycles. The monoisotopic (exact) mass is 626 g/mol. The number of hydrogen-bond donors (Lipinski definition) is 0. The Bertz CT molecular complexity index is 2770. The van der Waals surface area contributed by atoms with Gasteiger partial charge in [0.05, 0.1) is 16.7 Å². The predicted molar refractivity (Wildman–Crippen MR) is 206 cm³/mol. The molecule has 0 radical (unpaired) electrons. The highest BCUT2D eigenvalue weighted by Crippen LogP contribution is 2.44. The Labute approximate surface area is 283 Å². The third-order valence-electron chi connectivity index (χ3n) is 9.76. The van der Waals surface area contributed by atoms with E-state index in [0.717, 1.165) is 55.5 Å². The van der Waals surface area contributed by atoms with Gasteiger partial charge in [-0.25, -0.2) is 0 Å². The first-order valence-electron chi connectivity index (χ1n) is 16.7. The summed E-state index contributed by atoms with van der Waals surface area (Å²) in [6.07, 6.45) is 0. The molecule has 49 heavy (non-hydrogen) atoms.